The van der Waals surface area contributed by atoms with Crippen molar-refractivity contribution < 1.29 is 28.5 Å². The number of methoxy groups -OCH3 is 2. The van der Waals surface area contributed by atoms with Gasteiger partial charge in [-0.2, -0.15) is 0 Å². The molecule has 0 atom stereocenters. The zero-order valence-electron chi connectivity index (χ0n) is 25.7. The Morgan fingerprint density at radius 2 is 1.42 bits per heavy atom. The zero-order chi connectivity index (χ0) is 31.8. The third-order valence-corrected chi connectivity index (χ3v) is 7.52. The molecule has 4 aromatic carbocycles. The van der Waals surface area contributed by atoms with E-state index in [2.05, 4.69) is 42.4 Å². The summed E-state index contributed by atoms with van der Waals surface area (Å²) >= 11 is 6.12. The molecule has 0 aliphatic rings. The Hall–Kier alpha value is -5.06. The number of halogens is 1. The molecule has 0 radical (unpaired) electrons. The largest absolute Gasteiger partial charge is 0.497 e. The highest BCUT2D eigenvalue weighted by Crippen LogP contribution is 2.32. The molecule has 230 valence electrons. The molecule has 7 nitrogen and oxygen atoms in total. The van der Waals surface area contributed by atoms with Crippen molar-refractivity contribution in [3.63, 3.8) is 0 Å². The van der Waals surface area contributed by atoms with Gasteiger partial charge in [-0.05, 0) is 92.2 Å². The van der Waals surface area contributed by atoms with Gasteiger partial charge in [-0.25, -0.2) is 4.79 Å². The molecule has 5 aromatic rings. The van der Waals surface area contributed by atoms with Crippen molar-refractivity contribution in [2.24, 2.45) is 0 Å². The zero-order valence-corrected chi connectivity index (χ0v) is 26.4. The fourth-order valence-electron chi connectivity index (χ4n) is 5.14. The lowest BCUT2D eigenvalue weighted by Crippen LogP contribution is -2.11. The summed E-state index contributed by atoms with van der Waals surface area (Å²) < 4.78 is 30.6. The van der Waals surface area contributed by atoms with Gasteiger partial charge < -0.3 is 28.3 Å². The van der Waals surface area contributed by atoms with Gasteiger partial charge in [0.05, 0.1) is 37.5 Å². The predicted molar refractivity (Wildman–Crippen MR) is 176 cm³/mol. The van der Waals surface area contributed by atoms with Crippen molar-refractivity contribution in [3.8, 4) is 34.8 Å². The van der Waals surface area contributed by atoms with E-state index in [4.69, 9.17) is 35.3 Å². The van der Waals surface area contributed by atoms with Crippen LogP contribution in [0.1, 0.15) is 32.7 Å². The minimum atomic E-state index is -0.458. The number of rotatable bonds is 11. The van der Waals surface area contributed by atoms with Crippen molar-refractivity contribution in [1.82, 2.24) is 4.57 Å². The first-order chi connectivity index (χ1) is 21.9. The van der Waals surface area contributed by atoms with E-state index in [9.17, 15) is 4.79 Å². The Morgan fingerprint density at radius 1 is 0.778 bits per heavy atom. The molecule has 0 aliphatic heterocycles. The lowest BCUT2D eigenvalue weighted by Gasteiger charge is -2.13. The van der Waals surface area contributed by atoms with Crippen LogP contribution in [0, 0.1) is 25.7 Å². The van der Waals surface area contributed by atoms with Crippen molar-refractivity contribution in [2.45, 2.75) is 33.6 Å². The van der Waals surface area contributed by atoms with E-state index in [1.165, 1.54) is 0 Å². The normalized spacial score (nSPS) is 10.6. The van der Waals surface area contributed by atoms with E-state index in [1.54, 1.807) is 38.5 Å². The monoisotopic (exact) mass is 623 g/mol. The Balaban J connectivity index is 1.46. The first-order valence-corrected chi connectivity index (χ1v) is 14.8. The van der Waals surface area contributed by atoms with Gasteiger partial charge in [0, 0.05) is 16.0 Å². The van der Waals surface area contributed by atoms with Crippen LogP contribution in [0.3, 0.4) is 0 Å². The number of nitrogens with zero attached hydrogens (tertiary/aromatic N) is 1. The topological polar surface area (TPSA) is 68.2 Å². The van der Waals surface area contributed by atoms with Crippen LogP contribution in [0.5, 0.6) is 23.0 Å². The molecule has 0 saturated carbocycles. The highest BCUT2D eigenvalue weighted by molar-refractivity contribution is 6.30. The van der Waals surface area contributed by atoms with E-state index < -0.39 is 5.97 Å². The van der Waals surface area contributed by atoms with Gasteiger partial charge in [-0.15, -0.1) is 0 Å². The number of fused-ring (bicyclic) bond motifs is 1. The first kappa shape index (κ1) is 31.4. The van der Waals surface area contributed by atoms with Gasteiger partial charge in [0.25, 0.3) is 0 Å². The lowest BCUT2D eigenvalue weighted by molar-refractivity contribution is 0.0472. The van der Waals surface area contributed by atoms with Crippen molar-refractivity contribution in [1.29, 1.82) is 0 Å². The van der Waals surface area contributed by atoms with Crippen LogP contribution in [0.4, 0.5) is 0 Å². The second-order valence-electron chi connectivity index (χ2n) is 10.4. The van der Waals surface area contributed by atoms with Gasteiger partial charge in [0.2, 0.25) is 0 Å². The number of hydrogen-bond acceptors (Lipinski definition) is 6. The lowest BCUT2D eigenvalue weighted by atomic mass is 10.1. The van der Waals surface area contributed by atoms with Crippen LogP contribution in [0.25, 0.3) is 10.9 Å². The van der Waals surface area contributed by atoms with Gasteiger partial charge in [0.1, 0.15) is 42.8 Å². The second kappa shape index (κ2) is 14.6. The summed E-state index contributed by atoms with van der Waals surface area (Å²) in [6, 6.07) is 25.7. The number of carbonyl (C=O) groups excluding carboxylic acids is 1. The van der Waals surface area contributed by atoms with Crippen LogP contribution in [0.2, 0.25) is 5.02 Å². The summed E-state index contributed by atoms with van der Waals surface area (Å²) in [5.74, 6) is 8.82. The van der Waals surface area contributed by atoms with Crippen LogP contribution in [-0.4, -0.2) is 31.4 Å². The van der Waals surface area contributed by atoms with E-state index in [1.807, 2.05) is 48.5 Å². The highest BCUT2D eigenvalue weighted by atomic mass is 35.5. The molecule has 0 aliphatic carbocycles. The summed E-state index contributed by atoms with van der Waals surface area (Å²) in [6.07, 6.45) is 0. The maximum atomic E-state index is 13.0. The Bertz CT molecular complexity index is 1850. The molecule has 1 aromatic heterocycles. The number of aryl methyl sites for hydroxylation is 2. The summed E-state index contributed by atoms with van der Waals surface area (Å²) in [5.41, 5.74) is 5.29. The van der Waals surface area contributed by atoms with Gasteiger partial charge in [0.15, 0.2) is 0 Å². The van der Waals surface area contributed by atoms with E-state index in [-0.39, 0.29) is 19.8 Å². The first-order valence-electron chi connectivity index (χ1n) is 14.4. The van der Waals surface area contributed by atoms with Crippen molar-refractivity contribution in [2.75, 3.05) is 20.8 Å². The fraction of sp³-hybridized carbons (Fsp3) is 0.216. The molecule has 0 spiro atoms. The van der Waals surface area contributed by atoms with Crippen LogP contribution in [0.15, 0.2) is 84.9 Å². The Kier molecular flexibility index (Phi) is 10.2. The van der Waals surface area contributed by atoms with Gasteiger partial charge in [-0.1, -0.05) is 41.1 Å². The number of esters is 1. The quantitative estimate of drug-likeness (QED) is 0.110. The number of carbonyl (C=O) groups is 1. The summed E-state index contributed by atoms with van der Waals surface area (Å²) in [7, 11) is 3.25. The molecule has 0 N–H and O–H groups in total. The minimum Gasteiger partial charge on any atom is -0.497 e. The highest BCUT2D eigenvalue weighted by Gasteiger charge is 2.21. The summed E-state index contributed by atoms with van der Waals surface area (Å²) in [6.45, 7) is 5.01. The van der Waals surface area contributed by atoms with Gasteiger partial charge in [-0.3, -0.25) is 0 Å². The Morgan fingerprint density at radius 3 is 2.07 bits per heavy atom. The molecule has 0 unspecified atom stereocenters. The van der Waals surface area contributed by atoms with Crippen LogP contribution in [-0.2, 0) is 24.5 Å². The van der Waals surface area contributed by atoms with Crippen molar-refractivity contribution in [3.05, 3.63) is 118 Å². The number of benzene rings is 4. The number of aromatic nitrogens is 1. The molecule has 0 saturated heterocycles. The summed E-state index contributed by atoms with van der Waals surface area (Å²) in [4.78, 5) is 13.0. The molecule has 0 amide bonds. The predicted octanol–water partition coefficient (Wildman–Crippen LogP) is 7.95. The third-order valence-electron chi connectivity index (χ3n) is 7.29. The number of ether oxygens (including phenoxy) is 5. The summed E-state index contributed by atoms with van der Waals surface area (Å²) in [5, 5.41) is 1.45. The van der Waals surface area contributed by atoms with Crippen LogP contribution >= 0.6 is 11.6 Å². The van der Waals surface area contributed by atoms with Crippen molar-refractivity contribution >= 4 is 28.5 Å². The molecule has 45 heavy (non-hydrogen) atoms. The third kappa shape index (κ3) is 7.72. The Labute approximate surface area is 268 Å². The van der Waals surface area contributed by atoms with Crippen LogP contribution < -0.4 is 18.9 Å². The average molecular weight is 624 g/mol. The second-order valence-corrected chi connectivity index (χ2v) is 10.8. The fourth-order valence-corrected chi connectivity index (χ4v) is 5.33. The van der Waals surface area contributed by atoms with Gasteiger partial charge >= 0.3 is 5.97 Å². The smallest absolute Gasteiger partial charge is 0.338 e. The average Bonchev–Trinajstić information content (AvgIpc) is 3.34. The van der Waals surface area contributed by atoms with E-state index in [0.29, 0.717) is 28.6 Å². The molecule has 5 rings (SSSR count). The minimum absolute atomic E-state index is 0.0487. The van der Waals surface area contributed by atoms with E-state index >= 15 is 0 Å². The SMILES string of the molecule is COc1ccc(OCC#CCn2c(COc3ccc(OC)cc3)c(COC(=O)c3cccc(Cl)c3)c3cc(C)cc(C)c32)cc1. The number of hydrogen-bond donors (Lipinski definition) is 0. The molecule has 0 fully saturated rings. The molecule has 8 heteroatoms. The molecular weight excluding hydrogens is 590 g/mol. The molecule has 1 heterocycles. The standard InChI is InChI=1S/C37H34ClNO6/c1-25-20-26(2)36-33(21-25)34(23-45-37(40)27-8-7-9-28(38)22-27)35(24-44-32-16-12-30(42-4)13-17-32)39(36)18-5-6-19-43-31-14-10-29(41-3)11-15-31/h7-17,20-22H,18-19,23-24H2,1-4H3. The molecule has 0 bridgehead atoms. The maximum Gasteiger partial charge on any atom is 0.338 e. The van der Waals surface area contributed by atoms with E-state index in [0.717, 1.165) is 44.8 Å². The maximum absolute atomic E-state index is 13.0. The molecular formula is C37H34ClNO6.